The van der Waals surface area contributed by atoms with Crippen LogP contribution < -0.4 is 5.32 Å². The van der Waals surface area contributed by atoms with Crippen LogP contribution in [0.4, 0.5) is 0 Å². The van der Waals surface area contributed by atoms with Gasteiger partial charge in [-0.05, 0) is 24.5 Å². The lowest BCUT2D eigenvalue weighted by Gasteiger charge is -2.30. The monoisotopic (exact) mass is 262 g/mol. The van der Waals surface area contributed by atoms with E-state index in [1.54, 1.807) is 0 Å². The number of benzene rings is 1. The number of carbonyl (C=O) groups is 2. The van der Waals surface area contributed by atoms with Crippen LogP contribution in [-0.4, -0.2) is 41.0 Å². The van der Waals surface area contributed by atoms with E-state index in [0.717, 1.165) is 5.56 Å². The quantitative estimate of drug-likeness (QED) is 0.838. The van der Waals surface area contributed by atoms with Gasteiger partial charge in [0.15, 0.2) is 0 Å². The summed E-state index contributed by atoms with van der Waals surface area (Å²) < 4.78 is 0. The molecular weight excluding hydrogens is 244 g/mol. The van der Waals surface area contributed by atoms with Crippen molar-refractivity contribution >= 4 is 11.9 Å². The number of amides is 1. The molecule has 1 aliphatic heterocycles. The number of fused-ring (bicyclic) bond motifs is 1. The highest BCUT2D eigenvalue weighted by Gasteiger charge is 2.30. The molecule has 2 atom stereocenters. The second-order valence-electron chi connectivity index (χ2n) is 4.87. The molecular formula is C14H18N2O3. The summed E-state index contributed by atoms with van der Waals surface area (Å²) in [6.07, 6.45) is 0.603. The van der Waals surface area contributed by atoms with E-state index in [-0.39, 0.29) is 11.9 Å². The van der Waals surface area contributed by atoms with E-state index in [4.69, 9.17) is 5.11 Å². The van der Waals surface area contributed by atoms with Gasteiger partial charge in [-0.2, -0.15) is 0 Å². The summed E-state index contributed by atoms with van der Waals surface area (Å²) in [7, 11) is 1.53. The molecule has 1 aromatic rings. The van der Waals surface area contributed by atoms with Gasteiger partial charge in [0, 0.05) is 13.6 Å². The van der Waals surface area contributed by atoms with Crippen molar-refractivity contribution in [2.45, 2.75) is 32.0 Å². The Morgan fingerprint density at radius 3 is 2.63 bits per heavy atom. The Balaban J connectivity index is 2.08. The zero-order valence-electron chi connectivity index (χ0n) is 11.1. The Kier molecular flexibility index (Phi) is 3.85. The molecule has 2 N–H and O–H groups in total. The fourth-order valence-corrected chi connectivity index (χ4v) is 2.23. The third-order valence-electron chi connectivity index (χ3n) is 3.67. The van der Waals surface area contributed by atoms with Crippen molar-refractivity contribution in [1.29, 1.82) is 0 Å². The Morgan fingerprint density at radius 2 is 2.00 bits per heavy atom. The minimum atomic E-state index is -0.993. The summed E-state index contributed by atoms with van der Waals surface area (Å²) in [5, 5.41) is 12.1. The molecule has 1 aliphatic rings. The summed E-state index contributed by atoms with van der Waals surface area (Å²) in [5.74, 6) is -1.17. The van der Waals surface area contributed by atoms with Crippen LogP contribution in [0.3, 0.4) is 0 Å². The minimum absolute atomic E-state index is 0.176. The topological polar surface area (TPSA) is 69.6 Å². The Hall–Kier alpha value is -1.88. The first-order valence-corrected chi connectivity index (χ1v) is 6.30. The van der Waals surface area contributed by atoms with Crippen molar-refractivity contribution in [2.75, 3.05) is 7.05 Å². The smallest absolute Gasteiger partial charge is 0.326 e. The van der Waals surface area contributed by atoms with Crippen LogP contribution in [0.2, 0.25) is 0 Å². The van der Waals surface area contributed by atoms with Crippen molar-refractivity contribution in [2.24, 2.45) is 0 Å². The molecule has 0 saturated carbocycles. The van der Waals surface area contributed by atoms with E-state index in [9.17, 15) is 9.59 Å². The van der Waals surface area contributed by atoms with E-state index < -0.39 is 12.0 Å². The maximum Gasteiger partial charge on any atom is 0.326 e. The lowest BCUT2D eigenvalue weighted by Crippen LogP contribution is -2.52. The molecule has 0 radical (unpaired) electrons. The number of carboxylic acid groups (broad SMARTS) is 1. The molecule has 102 valence electrons. The second kappa shape index (κ2) is 5.40. The molecule has 0 saturated heterocycles. The average Bonchev–Trinajstić information content (AvgIpc) is 2.44. The first-order valence-electron chi connectivity index (χ1n) is 6.30. The van der Waals surface area contributed by atoms with Gasteiger partial charge in [-0.3, -0.25) is 4.79 Å². The largest absolute Gasteiger partial charge is 0.480 e. The molecule has 5 nitrogen and oxygen atoms in total. The maximum atomic E-state index is 12.3. The van der Waals surface area contributed by atoms with Crippen LogP contribution in [0, 0.1) is 0 Å². The van der Waals surface area contributed by atoms with Gasteiger partial charge in [0.25, 0.3) is 0 Å². The Labute approximate surface area is 112 Å². The predicted octanol–water partition coefficient (Wildman–Crippen LogP) is 0.632. The molecule has 5 heteroatoms. The standard InChI is InChI=1S/C14H18N2O3/c1-9(14(18)19)16(2)13(17)12-7-10-5-3-4-6-11(10)8-15-12/h3-6,9,12,15H,7-8H2,1-2H3,(H,18,19). The Bertz CT molecular complexity index is 501. The van der Waals surface area contributed by atoms with E-state index in [0.29, 0.717) is 13.0 Å². The Morgan fingerprint density at radius 1 is 1.37 bits per heavy atom. The molecule has 1 amide bonds. The van der Waals surface area contributed by atoms with Gasteiger partial charge < -0.3 is 15.3 Å². The number of hydrogen-bond acceptors (Lipinski definition) is 3. The number of hydrogen-bond donors (Lipinski definition) is 2. The minimum Gasteiger partial charge on any atom is -0.480 e. The van der Waals surface area contributed by atoms with Gasteiger partial charge in [0.1, 0.15) is 6.04 Å². The van der Waals surface area contributed by atoms with Gasteiger partial charge in [0.05, 0.1) is 6.04 Å². The van der Waals surface area contributed by atoms with Crippen LogP contribution >= 0.6 is 0 Å². The van der Waals surface area contributed by atoms with Crippen molar-refractivity contribution in [3.63, 3.8) is 0 Å². The van der Waals surface area contributed by atoms with E-state index >= 15 is 0 Å². The first-order chi connectivity index (χ1) is 9.00. The zero-order valence-corrected chi connectivity index (χ0v) is 11.1. The molecule has 1 aromatic carbocycles. The number of aliphatic carboxylic acids is 1. The highest BCUT2D eigenvalue weighted by Crippen LogP contribution is 2.17. The summed E-state index contributed by atoms with van der Waals surface area (Å²) in [4.78, 5) is 24.5. The number of carboxylic acids is 1. The molecule has 19 heavy (non-hydrogen) atoms. The van der Waals surface area contributed by atoms with Crippen molar-refractivity contribution < 1.29 is 14.7 Å². The number of rotatable bonds is 3. The van der Waals surface area contributed by atoms with Crippen molar-refractivity contribution in [1.82, 2.24) is 10.2 Å². The highest BCUT2D eigenvalue weighted by molar-refractivity contribution is 5.87. The van der Waals surface area contributed by atoms with Gasteiger partial charge in [0.2, 0.25) is 5.91 Å². The lowest BCUT2D eigenvalue weighted by atomic mass is 9.95. The number of nitrogens with one attached hydrogen (secondary N) is 1. The first kappa shape index (κ1) is 13.5. The van der Waals surface area contributed by atoms with Gasteiger partial charge in [-0.15, -0.1) is 0 Å². The normalized spacial score (nSPS) is 19.4. The van der Waals surface area contributed by atoms with Crippen molar-refractivity contribution in [3.05, 3.63) is 35.4 Å². The van der Waals surface area contributed by atoms with Crippen LogP contribution in [-0.2, 0) is 22.6 Å². The SMILES string of the molecule is CC(C(=O)O)N(C)C(=O)C1Cc2ccccc2CN1. The third-order valence-corrected chi connectivity index (χ3v) is 3.67. The fraction of sp³-hybridized carbons (Fsp3) is 0.429. The van der Waals surface area contributed by atoms with Gasteiger partial charge in [-0.1, -0.05) is 24.3 Å². The highest BCUT2D eigenvalue weighted by atomic mass is 16.4. The summed E-state index contributed by atoms with van der Waals surface area (Å²) in [5.41, 5.74) is 2.34. The molecule has 0 spiro atoms. The van der Waals surface area contributed by atoms with Gasteiger partial charge >= 0.3 is 5.97 Å². The molecule has 2 rings (SSSR count). The molecule has 0 aliphatic carbocycles. The summed E-state index contributed by atoms with van der Waals surface area (Å²) in [6, 6.07) is 6.81. The zero-order chi connectivity index (χ0) is 14.0. The van der Waals surface area contributed by atoms with Crippen LogP contribution in [0.25, 0.3) is 0 Å². The van der Waals surface area contributed by atoms with Crippen molar-refractivity contribution in [3.8, 4) is 0 Å². The number of nitrogens with zero attached hydrogens (tertiary/aromatic N) is 1. The molecule has 0 fully saturated rings. The lowest BCUT2D eigenvalue weighted by molar-refractivity contribution is -0.149. The average molecular weight is 262 g/mol. The van der Waals surface area contributed by atoms with Crippen LogP contribution in [0.1, 0.15) is 18.1 Å². The molecule has 2 unspecified atom stereocenters. The predicted molar refractivity (Wildman–Crippen MR) is 70.6 cm³/mol. The molecule has 0 bridgehead atoms. The molecule has 1 heterocycles. The molecule has 0 aromatic heterocycles. The number of likely N-dealkylation sites (N-methyl/N-ethyl adjacent to an activating group) is 1. The number of carbonyl (C=O) groups excluding carboxylic acids is 1. The fourth-order valence-electron chi connectivity index (χ4n) is 2.23. The van der Waals surface area contributed by atoms with Gasteiger partial charge in [-0.25, -0.2) is 4.79 Å². The second-order valence-corrected chi connectivity index (χ2v) is 4.87. The maximum absolute atomic E-state index is 12.3. The van der Waals surface area contributed by atoms with Crippen LogP contribution in [0.15, 0.2) is 24.3 Å². The van der Waals surface area contributed by atoms with Crippen LogP contribution in [0.5, 0.6) is 0 Å². The van der Waals surface area contributed by atoms with E-state index in [2.05, 4.69) is 5.32 Å². The third kappa shape index (κ3) is 2.76. The summed E-state index contributed by atoms with van der Waals surface area (Å²) >= 11 is 0. The van der Waals surface area contributed by atoms with E-state index in [1.165, 1.54) is 24.4 Å². The summed E-state index contributed by atoms with van der Waals surface area (Å²) in [6.45, 7) is 2.15. The van der Waals surface area contributed by atoms with E-state index in [1.807, 2.05) is 24.3 Å².